The topological polar surface area (TPSA) is 55.2 Å². The summed E-state index contributed by atoms with van der Waals surface area (Å²) in [6.45, 7) is 2.47. The van der Waals surface area contributed by atoms with Crippen LogP contribution in [0, 0.1) is 11.6 Å². The van der Waals surface area contributed by atoms with Crippen molar-refractivity contribution in [1.82, 2.24) is 14.5 Å². The SMILES string of the molecule is CCN(C(=O)CSc1nc2ccccc2c(=O)n1-c1ccc(F)cc1F)C1=CCCC1. The van der Waals surface area contributed by atoms with Crippen molar-refractivity contribution in [2.75, 3.05) is 12.3 Å². The molecule has 0 saturated carbocycles. The fourth-order valence-corrected chi connectivity index (χ4v) is 4.61. The summed E-state index contributed by atoms with van der Waals surface area (Å²) in [5, 5.41) is 0.493. The molecule has 2 aromatic carbocycles. The Kier molecular flexibility index (Phi) is 6.18. The zero-order valence-corrected chi connectivity index (χ0v) is 17.8. The number of thioether (sulfide) groups is 1. The van der Waals surface area contributed by atoms with E-state index in [9.17, 15) is 18.4 Å². The second kappa shape index (κ2) is 9.01. The van der Waals surface area contributed by atoms with Gasteiger partial charge in [-0.2, -0.15) is 0 Å². The summed E-state index contributed by atoms with van der Waals surface area (Å²) in [6, 6.07) is 9.76. The maximum atomic E-state index is 14.6. The van der Waals surface area contributed by atoms with Crippen LogP contribution in [0.2, 0.25) is 0 Å². The van der Waals surface area contributed by atoms with E-state index in [0.717, 1.165) is 53.4 Å². The number of nitrogens with zero attached hydrogens (tertiary/aromatic N) is 3. The molecule has 0 N–H and O–H groups in total. The first-order chi connectivity index (χ1) is 15.0. The molecule has 1 aliphatic carbocycles. The van der Waals surface area contributed by atoms with Crippen molar-refractivity contribution in [3.63, 3.8) is 0 Å². The van der Waals surface area contributed by atoms with Crippen molar-refractivity contribution >= 4 is 28.6 Å². The van der Waals surface area contributed by atoms with Gasteiger partial charge in [0.25, 0.3) is 5.56 Å². The normalized spacial score (nSPS) is 13.5. The predicted molar refractivity (Wildman–Crippen MR) is 117 cm³/mol. The first-order valence-corrected chi connectivity index (χ1v) is 11.1. The van der Waals surface area contributed by atoms with Crippen molar-refractivity contribution in [1.29, 1.82) is 0 Å². The molecule has 3 aromatic rings. The van der Waals surface area contributed by atoms with Gasteiger partial charge in [-0.25, -0.2) is 13.8 Å². The van der Waals surface area contributed by atoms with Gasteiger partial charge in [-0.05, 0) is 50.5 Å². The smallest absolute Gasteiger partial charge is 0.266 e. The quantitative estimate of drug-likeness (QED) is 0.412. The summed E-state index contributed by atoms with van der Waals surface area (Å²) < 4.78 is 29.1. The fourth-order valence-electron chi connectivity index (χ4n) is 3.73. The molecule has 0 spiro atoms. The number of hydrogen-bond donors (Lipinski definition) is 0. The molecule has 1 amide bonds. The van der Waals surface area contributed by atoms with Gasteiger partial charge in [-0.1, -0.05) is 30.0 Å². The van der Waals surface area contributed by atoms with Gasteiger partial charge in [-0.3, -0.25) is 14.2 Å². The van der Waals surface area contributed by atoms with E-state index in [1.165, 1.54) is 6.07 Å². The number of amides is 1. The van der Waals surface area contributed by atoms with Crippen molar-refractivity contribution in [3.8, 4) is 5.69 Å². The highest BCUT2D eigenvalue weighted by atomic mass is 32.2. The maximum absolute atomic E-state index is 14.6. The molecule has 31 heavy (non-hydrogen) atoms. The Labute approximate surface area is 182 Å². The molecule has 0 radical (unpaired) electrons. The average molecular weight is 442 g/mol. The number of benzene rings is 2. The van der Waals surface area contributed by atoms with Gasteiger partial charge < -0.3 is 4.90 Å². The summed E-state index contributed by atoms with van der Waals surface area (Å²) in [7, 11) is 0. The lowest BCUT2D eigenvalue weighted by Crippen LogP contribution is -2.31. The number of carbonyl (C=O) groups excluding carboxylic acids is 1. The molecule has 1 aliphatic rings. The highest BCUT2D eigenvalue weighted by molar-refractivity contribution is 7.99. The molecule has 0 saturated heterocycles. The zero-order chi connectivity index (χ0) is 22.0. The van der Waals surface area contributed by atoms with Crippen LogP contribution >= 0.6 is 11.8 Å². The molecule has 1 aromatic heterocycles. The molecule has 4 rings (SSSR count). The first-order valence-electron chi connectivity index (χ1n) is 10.1. The maximum Gasteiger partial charge on any atom is 0.266 e. The van der Waals surface area contributed by atoms with Crippen molar-refractivity contribution in [2.45, 2.75) is 31.3 Å². The summed E-state index contributed by atoms with van der Waals surface area (Å²) in [6.07, 6.45) is 4.93. The van der Waals surface area contributed by atoms with Gasteiger partial charge in [0.1, 0.15) is 11.6 Å². The number of allylic oxidation sites excluding steroid dienone is 2. The van der Waals surface area contributed by atoms with Gasteiger partial charge >= 0.3 is 0 Å². The number of rotatable bonds is 6. The van der Waals surface area contributed by atoms with Gasteiger partial charge in [0.2, 0.25) is 5.91 Å². The van der Waals surface area contributed by atoms with E-state index in [1.54, 1.807) is 29.2 Å². The third kappa shape index (κ3) is 4.25. The van der Waals surface area contributed by atoms with E-state index in [0.29, 0.717) is 17.4 Å². The molecule has 5 nitrogen and oxygen atoms in total. The lowest BCUT2D eigenvalue weighted by atomic mass is 10.2. The van der Waals surface area contributed by atoms with E-state index in [1.807, 2.05) is 6.92 Å². The fraction of sp³-hybridized carbons (Fsp3) is 0.261. The van der Waals surface area contributed by atoms with E-state index in [-0.39, 0.29) is 22.5 Å². The van der Waals surface area contributed by atoms with Crippen molar-refractivity contribution < 1.29 is 13.6 Å². The van der Waals surface area contributed by atoms with Gasteiger partial charge in [0.15, 0.2) is 5.16 Å². The number of hydrogen-bond acceptors (Lipinski definition) is 4. The van der Waals surface area contributed by atoms with Crippen LogP contribution < -0.4 is 5.56 Å². The summed E-state index contributed by atoms with van der Waals surface area (Å²) in [5.41, 5.74) is 0.885. The van der Waals surface area contributed by atoms with E-state index >= 15 is 0 Å². The Bertz CT molecular complexity index is 1240. The molecule has 0 bridgehead atoms. The Balaban J connectivity index is 1.74. The number of halogens is 2. The number of para-hydroxylation sites is 1. The second-order valence-electron chi connectivity index (χ2n) is 7.16. The molecule has 0 atom stereocenters. The molecular weight excluding hydrogens is 420 g/mol. The van der Waals surface area contributed by atoms with E-state index < -0.39 is 17.2 Å². The largest absolute Gasteiger partial charge is 0.316 e. The van der Waals surface area contributed by atoms with E-state index in [4.69, 9.17) is 0 Å². The van der Waals surface area contributed by atoms with Crippen LogP contribution in [0.3, 0.4) is 0 Å². The van der Waals surface area contributed by atoms with Crippen LogP contribution in [-0.2, 0) is 4.79 Å². The Morgan fingerprint density at radius 3 is 2.74 bits per heavy atom. The molecule has 0 unspecified atom stereocenters. The number of carbonyl (C=O) groups is 1. The molecule has 160 valence electrons. The molecule has 1 heterocycles. The minimum Gasteiger partial charge on any atom is -0.316 e. The minimum atomic E-state index is -0.876. The molecule has 8 heteroatoms. The Morgan fingerprint density at radius 2 is 2.03 bits per heavy atom. The minimum absolute atomic E-state index is 0.0405. The molecule has 0 aliphatic heterocycles. The summed E-state index contributed by atoms with van der Waals surface area (Å²) in [4.78, 5) is 32.3. The third-order valence-electron chi connectivity index (χ3n) is 5.20. The monoisotopic (exact) mass is 441 g/mol. The molecular formula is C23H21F2N3O2S. The summed E-state index contributed by atoms with van der Waals surface area (Å²) >= 11 is 1.07. The highest BCUT2D eigenvalue weighted by Gasteiger charge is 2.21. The third-order valence-corrected chi connectivity index (χ3v) is 6.12. The zero-order valence-electron chi connectivity index (χ0n) is 17.0. The van der Waals surface area contributed by atoms with Crippen LogP contribution in [0.5, 0.6) is 0 Å². The lowest BCUT2D eigenvalue weighted by Gasteiger charge is -2.22. The van der Waals surface area contributed by atoms with Crippen LogP contribution in [0.25, 0.3) is 16.6 Å². The molecule has 0 fully saturated rings. The van der Waals surface area contributed by atoms with E-state index in [2.05, 4.69) is 11.1 Å². The Morgan fingerprint density at radius 1 is 1.23 bits per heavy atom. The van der Waals surface area contributed by atoms with Crippen LogP contribution in [0.4, 0.5) is 8.78 Å². The number of fused-ring (bicyclic) bond motifs is 1. The van der Waals surface area contributed by atoms with Crippen LogP contribution in [0.15, 0.2) is 64.2 Å². The standard InChI is InChI=1S/C23H21F2N3O2S/c1-2-27(16-7-3-4-8-16)21(29)14-31-23-26-19-10-6-5-9-17(19)22(30)28(23)20-12-11-15(24)13-18(20)25/h5-7,9-13H,2-4,8,14H2,1H3. The average Bonchev–Trinajstić information content (AvgIpc) is 3.28. The van der Waals surface area contributed by atoms with Crippen molar-refractivity contribution in [2.24, 2.45) is 0 Å². The van der Waals surface area contributed by atoms with Crippen LogP contribution in [-0.4, -0.2) is 32.7 Å². The van der Waals surface area contributed by atoms with Gasteiger partial charge in [0.05, 0.1) is 22.3 Å². The highest BCUT2D eigenvalue weighted by Crippen LogP contribution is 2.26. The van der Waals surface area contributed by atoms with Crippen molar-refractivity contribution in [3.05, 3.63) is 76.2 Å². The second-order valence-corrected chi connectivity index (χ2v) is 8.10. The first kappa shape index (κ1) is 21.2. The van der Waals surface area contributed by atoms with Gasteiger partial charge in [0, 0.05) is 18.3 Å². The van der Waals surface area contributed by atoms with Gasteiger partial charge in [-0.15, -0.1) is 0 Å². The number of aromatic nitrogens is 2. The predicted octanol–water partition coefficient (Wildman–Crippen LogP) is 4.67. The lowest BCUT2D eigenvalue weighted by molar-refractivity contribution is -0.126. The Hall–Kier alpha value is -3.00. The van der Waals surface area contributed by atoms with Crippen LogP contribution in [0.1, 0.15) is 26.2 Å². The summed E-state index contributed by atoms with van der Waals surface area (Å²) in [5.74, 6) is -1.68.